The van der Waals surface area contributed by atoms with Gasteiger partial charge in [0.05, 0.1) is 25.0 Å². The number of ether oxygens (including phenoxy) is 1. The van der Waals surface area contributed by atoms with Crippen molar-refractivity contribution in [1.82, 2.24) is 25.1 Å². The number of methoxy groups -OCH3 is 1. The number of nitrogens with zero attached hydrogens (tertiary/aromatic N) is 4. The molecule has 6 nitrogen and oxygen atoms in total. The molecule has 1 atom stereocenters. The first kappa shape index (κ1) is 14.5. The summed E-state index contributed by atoms with van der Waals surface area (Å²) in [5.41, 5.74) is 2.12. The van der Waals surface area contributed by atoms with Crippen molar-refractivity contribution in [2.75, 3.05) is 13.7 Å². The molecule has 0 aliphatic heterocycles. The smallest absolute Gasteiger partial charge is 0.216 e. The molecule has 0 amide bonds. The van der Waals surface area contributed by atoms with Gasteiger partial charge in [-0.25, -0.2) is 9.97 Å². The van der Waals surface area contributed by atoms with E-state index in [0.717, 1.165) is 25.2 Å². The molecule has 0 aliphatic rings. The molecule has 0 radical (unpaired) electrons. The van der Waals surface area contributed by atoms with E-state index in [1.54, 1.807) is 7.11 Å². The van der Waals surface area contributed by atoms with E-state index < -0.39 is 0 Å². The second-order valence-electron chi connectivity index (χ2n) is 4.50. The molecule has 0 aromatic carbocycles. The van der Waals surface area contributed by atoms with Gasteiger partial charge < -0.3 is 10.1 Å². The topological polar surface area (TPSA) is 64.9 Å². The standard InChI is InChI=1S/C14H21N5O/c1-4-15-12(6-11-8-18-19(5-2)9-11)13-7-14(20-3)17-10-16-13/h7-10,12,15H,4-6H2,1-3H3. The Balaban J connectivity index is 2.16. The van der Waals surface area contributed by atoms with Gasteiger partial charge in [0.15, 0.2) is 0 Å². The number of nitrogens with one attached hydrogen (secondary N) is 1. The van der Waals surface area contributed by atoms with Crippen LogP contribution in [-0.4, -0.2) is 33.4 Å². The van der Waals surface area contributed by atoms with Crippen LogP contribution in [0.15, 0.2) is 24.8 Å². The van der Waals surface area contributed by atoms with Crippen LogP contribution in [0.2, 0.25) is 0 Å². The third-order valence-corrected chi connectivity index (χ3v) is 3.13. The first-order valence-corrected chi connectivity index (χ1v) is 6.87. The van der Waals surface area contributed by atoms with Gasteiger partial charge in [-0.2, -0.15) is 5.10 Å². The monoisotopic (exact) mass is 275 g/mol. The third kappa shape index (κ3) is 3.54. The lowest BCUT2D eigenvalue weighted by Crippen LogP contribution is -2.24. The Morgan fingerprint density at radius 3 is 2.85 bits per heavy atom. The van der Waals surface area contributed by atoms with Gasteiger partial charge >= 0.3 is 0 Å². The van der Waals surface area contributed by atoms with Gasteiger partial charge in [0.2, 0.25) is 5.88 Å². The van der Waals surface area contributed by atoms with Crippen LogP contribution in [0.25, 0.3) is 0 Å². The average Bonchev–Trinajstić information content (AvgIpc) is 2.94. The van der Waals surface area contributed by atoms with Crippen LogP contribution in [0, 0.1) is 0 Å². The van der Waals surface area contributed by atoms with Gasteiger partial charge in [-0.15, -0.1) is 0 Å². The predicted octanol–water partition coefficient (Wildman–Crippen LogP) is 1.59. The summed E-state index contributed by atoms with van der Waals surface area (Å²) in [6.45, 7) is 5.92. The lowest BCUT2D eigenvalue weighted by atomic mass is 10.1. The molecule has 108 valence electrons. The molecule has 0 spiro atoms. The van der Waals surface area contributed by atoms with E-state index in [1.165, 1.54) is 11.9 Å². The molecule has 2 aromatic heterocycles. The van der Waals surface area contributed by atoms with E-state index in [9.17, 15) is 0 Å². The zero-order valence-corrected chi connectivity index (χ0v) is 12.2. The number of aromatic nitrogens is 4. The normalized spacial score (nSPS) is 12.3. The maximum Gasteiger partial charge on any atom is 0.216 e. The van der Waals surface area contributed by atoms with Crippen molar-refractivity contribution in [2.24, 2.45) is 0 Å². The maximum absolute atomic E-state index is 5.16. The van der Waals surface area contributed by atoms with Gasteiger partial charge in [0, 0.05) is 18.8 Å². The molecular weight excluding hydrogens is 254 g/mol. The number of rotatable bonds is 7. The van der Waals surface area contributed by atoms with Crippen molar-refractivity contribution in [1.29, 1.82) is 0 Å². The molecule has 2 rings (SSSR count). The molecule has 0 saturated heterocycles. The summed E-state index contributed by atoms with van der Waals surface area (Å²) < 4.78 is 7.09. The van der Waals surface area contributed by atoms with Crippen LogP contribution in [0.3, 0.4) is 0 Å². The van der Waals surface area contributed by atoms with Gasteiger partial charge in [-0.05, 0) is 25.5 Å². The quantitative estimate of drug-likeness (QED) is 0.831. The van der Waals surface area contributed by atoms with Gasteiger partial charge in [-0.3, -0.25) is 4.68 Å². The fourth-order valence-electron chi connectivity index (χ4n) is 2.10. The number of hydrogen-bond acceptors (Lipinski definition) is 5. The highest BCUT2D eigenvalue weighted by Gasteiger charge is 2.15. The molecule has 0 bridgehead atoms. The Labute approximate surface area is 119 Å². The van der Waals surface area contributed by atoms with Crippen molar-refractivity contribution in [3.05, 3.63) is 36.0 Å². The second-order valence-corrected chi connectivity index (χ2v) is 4.50. The van der Waals surface area contributed by atoms with Gasteiger partial charge in [0.1, 0.15) is 6.33 Å². The molecular formula is C14H21N5O. The van der Waals surface area contributed by atoms with Crippen LogP contribution in [0.1, 0.15) is 31.1 Å². The summed E-state index contributed by atoms with van der Waals surface area (Å²) in [7, 11) is 1.61. The SMILES string of the molecule is CCNC(Cc1cnn(CC)c1)c1cc(OC)ncn1. The van der Waals surface area contributed by atoms with Crippen molar-refractivity contribution >= 4 is 0 Å². The highest BCUT2D eigenvalue weighted by molar-refractivity contribution is 5.19. The van der Waals surface area contributed by atoms with Gasteiger partial charge in [0.25, 0.3) is 0 Å². The van der Waals surface area contributed by atoms with E-state index in [-0.39, 0.29) is 6.04 Å². The molecule has 0 fully saturated rings. The molecule has 2 heterocycles. The molecule has 20 heavy (non-hydrogen) atoms. The fraction of sp³-hybridized carbons (Fsp3) is 0.500. The van der Waals surface area contributed by atoms with Crippen LogP contribution in [0.4, 0.5) is 0 Å². The molecule has 6 heteroatoms. The minimum atomic E-state index is 0.131. The molecule has 2 aromatic rings. The molecule has 0 saturated carbocycles. The first-order chi connectivity index (χ1) is 9.76. The minimum absolute atomic E-state index is 0.131. The lowest BCUT2D eigenvalue weighted by Gasteiger charge is -2.16. The van der Waals surface area contributed by atoms with E-state index in [2.05, 4.69) is 40.4 Å². The molecule has 1 N–H and O–H groups in total. The zero-order chi connectivity index (χ0) is 14.4. The van der Waals surface area contributed by atoms with Crippen LogP contribution in [-0.2, 0) is 13.0 Å². The van der Waals surface area contributed by atoms with E-state index in [0.29, 0.717) is 5.88 Å². The highest BCUT2D eigenvalue weighted by atomic mass is 16.5. The predicted molar refractivity (Wildman–Crippen MR) is 76.6 cm³/mol. The van der Waals surface area contributed by atoms with Crippen LogP contribution >= 0.6 is 0 Å². The largest absolute Gasteiger partial charge is 0.481 e. The second kappa shape index (κ2) is 7.00. The van der Waals surface area contributed by atoms with Crippen LogP contribution in [0.5, 0.6) is 5.88 Å². The molecule has 1 unspecified atom stereocenters. The Hall–Kier alpha value is -1.95. The Morgan fingerprint density at radius 1 is 1.35 bits per heavy atom. The van der Waals surface area contributed by atoms with Crippen molar-refractivity contribution in [3.63, 3.8) is 0 Å². The van der Waals surface area contributed by atoms with Gasteiger partial charge in [-0.1, -0.05) is 6.92 Å². The van der Waals surface area contributed by atoms with E-state index in [1.807, 2.05) is 16.9 Å². The number of hydrogen-bond donors (Lipinski definition) is 1. The minimum Gasteiger partial charge on any atom is -0.481 e. The summed E-state index contributed by atoms with van der Waals surface area (Å²) in [5, 5.41) is 7.75. The third-order valence-electron chi connectivity index (χ3n) is 3.13. The first-order valence-electron chi connectivity index (χ1n) is 6.87. The zero-order valence-electron chi connectivity index (χ0n) is 12.2. The lowest BCUT2D eigenvalue weighted by molar-refractivity contribution is 0.393. The summed E-state index contributed by atoms with van der Waals surface area (Å²) in [6.07, 6.45) is 6.36. The summed E-state index contributed by atoms with van der Waals surface area (Å²) >= 11 is 0. The summed E-state index contributed by atoms with van der Waals surface area (Å²) in [4.78, 5) is 8.40. The summed E-state index contributed by atoms with van der Waals surface area (Å²) in [6, 6.07) is 2.00. The van der Waals surface area contributed by atoms with Crippen LogP contribution < -0.4 is 10.1 Å². The highest BCUT2D eigenvalue weighted by Crippen LogP contribution is 2.18. The Morgan fingerprint density at radius 2 is 2.20 bits per heavy atom. The van der Waals surface area contributed by atoms with Crippen molar-refractivity contribution in [2.45, 2.75) is 32.9 Å². The van der Waals surface area contributed by atoms with Crippen molar-refractivity contribution in [3.8, 4) is 5.88 Å². The van der Waals surface area contributed by atoms with Crippen molar-refractivity contribution < 1.29 is 4.74 Å². The molecule has 0 aliphatic carbocycles. The average molecular weight is 275 g/mol. The Bertz CT molecular complexity index is 540. The Kier molecular flexibility index (Phi) is 5.06. The maximum atomic E-state index is 5.16. The fourth-order valence-corrected chi connectivity index (χ4v) is 2.10. The number of aryl methyl sites for hydroxylation is 1. The van der Waals surface area contributed by atoms with E-state index >= 15 is 0 Å². The summed E-state index contributed by atoms with van der Waals surface area (Å²) in [5.74, 6) is 0.585. The number of likely N-dealkylation sites (N-methyl/N-ethyl adjacent to an activating group) is 1. The van der Waals surface area contributed by atoms with E-state index in [4.69, 9.17) is 4.74 Å².